The molecule has 1 fully saturated rings. The highest BCUT2D eigenvalue weighted by Crippen LogP contribution is 2.45. The number of aryl methyl sites for hydroxylation is 1. The van der Waals surface area contributed by atoms with Crippen molar-refractivity contribution < 1.29 is 64.1 Å². The van der Waals surface area contributed by atoms with Gasteiger partial charge in [0.1, 0.15) is 22.7 Å². The molecule has 1 amide bonds. The number of anilines is 1. The number of halogens is 9. The van der Waals surface area contributed by atoms with E-state index in [2.05, 4.69) is 10.4 Å². The number of rotatable bonds is 1. The predicted octanol–water partition coefficient (Wildman–Crippen LogP) is 4.87. The maximum Gasteiger partial charge on any atom is 0.490 e. The largest absolute Gasteiger partial charge is 0.490 e. The van der Waals surface area contributed by atoms with Crippen molar-refractivity contribution in [3.05, 3.63) is 46.9 Å². The zero-order valence-corrected chi connectivity index (χ0v) is 24.5. The third kappa shape index (κ3) is 6.79. The second kappa shape index (κ2) is 13.2. The van der Waals surface area contributed by atoms with Crippen LogP contribution in [0.5, 0.6) is 0 Å². The molecule has 0 spiro atoms. The van der Waals surface area contributed by atoms with Gasteiger partial charge in [0.2, 0.25) is 5.95 Å². The summed E-state index contributed by atoms with van der Waals surface area (Å²) >= 11 is 0.874. The van der Waals surface area contributed by atoms with Gasteiger partial charge < -0.3 is 26.2 Å². The number of fused-ring (bicyclic) bond motifs is 2. The summed E-state index contributed by atoms with van der Waals surface area (Å²) in [6.45, 7) is 2.01. The highest BCUT2D eigenvalue weighted by molar-refractivity contribution is 7.23. The normalized spacial score (nSPS) is 16.1. The van der Waals surface area contributed by atoms with Crippen LogP contribution in [0.4, 0.5) is 44.5 Å². The van der Waals surface area contributed by atoms with E-state index in [9.17, 15) is 40.8 Å². The first kappa shape index (κ1) is 35.7. The molecule has 1 atom stereocenters. The van der Waals surface area contributed by atoms with Gasteiger partial charge in [-0.15, -0.1) is 16.4 Å². The number of hydrogen-bond donors (Lipinski definition) is 4. The first-order valence-electron chi connectivity index (χ1n) is 13.2. The van der Waals surface area contributed by atoms with E-state index in [1.807, 2.05) is 6.07 Å². The third-order valence-electron chi connectivity index (χ3n) is 7.12. The lowest BCUT2D eigenvalue weighted by Gasteiger charge is -2.37. The topological polar surface area (TPSA) is 175 Å². The fourth-order valence-electron chi connectivity index (χ4n) is 5.12. The van der Waals surface area contributed by atoms with E-state index in [0.717, 1.165) is 23.5 Å². The molecule has 0 aliphatic carbocycles. The van der Waals surface area contributed by atoms with Crippen molar-refractivity contribution in [1.29, 1.82) is 5.26 Å². The molecular formula is C27H19F9N6O5S. The number of piperazine rings is 1. The lowest BCUT2D eigenvalue weighted by molar-refractivity contribution is -0.193. The van der Waals surface area contributed by atoms with Crippen LogP contribution in [0.15, 0.2) is 18.2 Å². The van der Waals surface area contributed by atoms with Crippen LogP contribution in [-0.2, 0) is 16.1 Å². The smallest absolute Gasteiger partial charge is 0.475 e. The first-order chi connectivity index (χ1) is 22.3. The van der Waals surface area contributed by atoms with Gasteiger partial charge >= 0.3 is 24.3 Å². The zero-order valence-electron chi connectivity index (χ0n) is 23.6. The Bertz CT molecular complexity index is 1960. The fraction of sp³-hybridized carbons (Fsp3) is 0.296. The molecule has 0 saturated carbocycles. The summed E-state index contributed by atoms with van der Waals surface area (Å²) in [7, 11) is 0. The molecule has 4 aromatic rings. The number of carbonyl (C=O) groups is 3. The molecule has 11 nitrogen and oxygen atoms in total. The highest BCUT2D eigenvalue weighted by atomic mass is 32.1. The Morgan fingerprint density at radius 3 is 2.17 bits per heavy atom. The average Bonchev–Trinajstić information content (AvgIpc) is 3.51. The molecule has 0 bridgehead atoms. The van der Waals surface area contributed by atoms with Crippen LogP contribution in [0.25, 0.3) is 32.1 Å². The molecule has 2 aromatic carbocycles. The van der Waals surface area contributed by atoms with Crippen LogP contribution in [0.3, 0.4) is 0 Å². The number of nitrogens with two attached hydrogens (primary N) is 1. The molecule has 256 valence electrons. The Morgan fingerprint density at radius 1 is 1.00 bits per heavy atom. The van der Waals surface area contributed by atoms with Gasteiger partial charge in [0, 0.05) is 43.2 Å². The first-order valence-corrected chi connectivity index (χ1v) is 14.0. The molecule has 6 rings (SSSR count). The van der Waals surface area contributed by atoms with E-state index in [-0.39, 0.29) is 60.2 Å². The molecule has 0 radical (unpaired) electrons. The van der Waals surface area contributed by atoms with Gasteiger partial charge in [-0.1, -0.05) is 6.07 Å². The highest BCUT2D eigenvalue weighted by Gasteiger charge is 2.39. The number of benzene rings is 2. The summed E-state index contributed by atoms with van der Waals surface area (Å²) in [6, 6.07) is 5.38. The number of nitrogen functional groups attached to an aromatic ring is 1. The Morgan fingerprint density at radius 2 is 1.60 bits per heavy atom. The predicted molar refractivity (Wildman–Crippen MR) is 149 cm³/mol. The maximum atomic E-state index is 15.8. The van der Waals surface area contributed by atoms with E-state index in [1.165, 1.54) is 10.7 Å². The van der Waals surface area contributed by atoms with Crippen molar-refractivity contribution in [3.63, 3.8) is 0 Å². The summed E-state index contributed by atoms with van der Waals surface area (Å²) in [5.74, 6) is -8.31. The molecule has 21 heteroatoms. The number of nitrogens with zero attached hydrogens (tertiary/aromatic N) is 4. The number of nitrogens with one attached hydrogen (secondary N) is 1. The van der Waals surface area contributed by atoms with Crippen molar-refractivity contribution in [2.75, 3.05) is 25.4 Å². The number of nitriles is 1. The van der Waals surface area contributed by atoms with Gasteiger partial charge in [-0.2, -0.15) is 36.0 Å². The number of amides is 1. The second-order valence-electron chi connectivity index (χ2n) is 10.0. The van der Waals surface area contributed by atoms with Crippen molar-refractivity contribution in [2.24, 2.45) is 0 Å². The van der Waals surface area contributed by atoms with E-state index in [1.54, 1.807) is 4.90 Å². The molecule has 5 N–H and O–H groups in total. The lowest BCUT2D eigenvalue weighted by Crippen LogP contribution is -2.54. The number of hydrogen-bond acceptors (Lipinski definition) is 8. The number of aromatic nitrogens is 2. The van der Waals surface area contributed by atoms with Crippen LogP contribution in [0, 0.1) is 28.9 Å². The maximum absolute atomic E-state index is 15.8. The summed E-state index contributed by atoms with van der Waals surface area (Å²) < 4.78 is 111. The molecule has 2 aliphatic heterocycles. The molecule has 2 aromatic heterocycles. The van der Waals surface area contributed by atoms with Crippen molar-refractivity contribution in [3.8, 4) is 17.2 Å². The van der Waals surface area contributed by atoms with Crippen LogP contribution in [0.2, 0.25) is 0 Å². The SMILES string of the molecule is N#Cc1c(N)sc2c(F)ccc(-c3c(F)cc4c5c3c(F)nn5CCC3CNCCN3C4=O)c12.O=C(O)C(F)(F)F.O=C(O)C(F)(F)F. The van der Waals surface area contributed by atoms with Gasteiger partial charge in [0.25, 0.3) is 5.91 Å². The lowest BCUT2D eigenvalue weighted by atomic mass is 9.93. The minimum atomic E-state index is -5.08. The molecular weight excluding hydrogens is 691 g/mol. The van der Waals surface area contributed by atoms with Crippen molar-refractivity contribution in [2.45, 2.75) is 31.4 Å². The van der Waals surface area contributed by atoms with Gasteiger partial charge in [-0.25, -0.2) is 18.4 Å². The van der Waals surface area contributed by atoms with E-state index < -0.39 is 41.9 Å². The summed E-state index contributed by atoms with van der Waals surface area (Å²) in [4.78, 5) is 32.9. The molecule has 2 aliphatic rings. The number of alkyl halides is 6. The summed E-state index contributed by atoms with van der Waals surface area (Å²) in [6.07, 6.45) is -9.61. The second-order valence-corrected chi connectivity index (χ2v) is 11.1. The summed E-state index contributed by atoms with van der Waals surface area (Å²) in [5.41, 5.74) is 6.10. The van der Waals surface area contributed by atoms with Gasteiger partial charge in [0.05, 0.1) is 26.7 Å². The number of thiophene rings is 1. The van der Waals surface area contributed by atoms with Crippen LogP contribution < -0.4 is 11.1 Å². The molecule has 1 saturated heterocycles. The Balaban J connectivity index is 0.000000314. The minimum absolute atomic E-state index is 0.000206. The fourth-order valence-corrected chi connectivity index (χ4v) is 6.07. The van der Waals surface area contributed by atoms with Gasteiger partial charge in [-0.05, 0) is 24.1 Å². The van der Waals surface area contributed by atoms with E-state index >= 15 is 8.78 Å². The minimum Gasteiger partial charge on any atom is -0.475 e. The van der Waals surface area contributed by atoms with Crippen LogP contribution in [-0.4, -0.2) is 80.8 Å². The molecule has 48 heavy (non-hydrogen) atoms. The van der Waals surface area contributed by atoms with Gasteiger partial charge in [0.15, 0.2) is 0 Å². The quantitative estimate of drug-likeness (QED) is 0.201. The Hall–Kier alpha value is -5.10. The standard InChI is InChI=1S/C23H17F3N6OS.2C2HF3O2/c24-14-2-1-11(16-13(8-27)22(28)34-20(14)16)17-15(25)7-12-19-18(17)21(26)30-32(19)5-3-10-9-29-4-6-31(10)23(12)33;2*3-2(4,5)1(6)7/h1-2,7,10,29H,3-6,9,28H2;2*(H,6,7). The number of carboxylic acid groups (broad SMARTS) is 2. The zero-order chi connectivity index (χ0) is 35.9. The third-order valence-corrected chi connectivity index (χ3v) is 8.15. The number of carbonyl (C=O) groups excluding carboxylic acids is 1. The van der Waals surface area contributed by atoms with E-state index in [4.69, 9.17) is 25.5 Å². The van der Waals surface area contributed by atoms with Crippen molar-refractivity contribution >= 4 is 55.2 Å². The monoisotopic (exact) mass is 710 g/mol. The van der Waals surface area contributed by atoms with Crippen LogP contribution in [0.1, 0.15) is 22.3 Å². The van der Waals surface area contributed by atoms with E-state index in [0.29, 0.717) is 32.6 Å². The molecule has 4 heterocycles. The van der Waals surface area contributed by atoms with Gasteiger partial charge in [-0.3, -0.25) is 9.48 Å². The summed E-state index contributed by atoms with van der Waals surface area (Å²) in [5, 5.41) is 31.2. The Labute approximate surface area is 265 Å². The number of aliphatic carboxylic acids is 2. The Kier molecular flexibility index (Phi) is 9.82. The van der Waals surface area contributed by atoms with Crippen molar-refractivity contribution in [1.82, 2.24) is 20.0 Å². The molecule has 1 unspecified atom stereocenters. The van der Waals surface area contributed by atoms with Crippen LogP contribution >= 0.6 is 11.3 Å². The number of carboxylic acids is 2. The average molecular weight is 711 g/mol.